The van der Waals surface area contributed by atoms with Crippen LogP contribution in [0.3, 0.4) is 0 Å². The molecule has 1 saturated heterocycles. The van der Waals surface area contributed by atoms with E-state index in [4.69, 9.17) is 5.73 Å². The number of carbonyl (C=O) groups excluding carboxylic acids is 1. The summed E-state index contributed by atoms with van der Waals surface area (Å²) in [6, 6.07) is 0. The first-order valence-corrected chi connectivity index (χ1v) is 7.58. The number of rotatable bonds is 5. The van der Waals surface area contributed by atoms with Crippen LogP contribution < -0.4 is 5.73 Å². The van der Waals surface area contributed by atoms with Gasteiger partial charge in [-0.2, -0.15) is 4.31 Å². The molecular formula is C10H21N3O3S. The SMILES string of the molecule is CCS(=O)(=O)N1CCN(C(=O)CCCN)CC1. The van der Waals surface area contributed by atoms with Crippen molar-refractivity contribution in [2.75, 3.05) is 38.5 Å². The molecule has 17 heavy (non-hydrogen) atoms. The first-order chi connectivity index (χ1) is 8.01. The van der Waals surface area contributed by atoms with Gasteiger partial charge < -0.3 is 10.6 Å². The Kier molecular flexibility index (Phi) is 5.35. The third kappa shape index (κ3) is 3.93. The summed E-state index contributed by atoms with van der Waals surface area (Å²) < 4.78 is 24.7. The zero-order chi connectivity index (χ0) is 12.9. The maximum Gasteiger partial charge on any atom is 0.222 e. The van der Waals surface area contributed by atoms with E-state index in [0.717, 1.165) is 0 Å². The summed E-state index contributed by atoms with van der Waals surface area (Å²) in [4.78, 5) is 13.4. The van der Waals surface area contributed by atoms with Gasteiger partial charge in [-0.05, 0) is 19.9 Å². The maximum absolute atomic E-state index is 11.7. The lowest BCUT2D eigenvalue weighted by Crippen LogP contribution is -2.50. The molecule has 2 N–H and O–H groups in total. The molecule has 1 heterocycles. The van der Waals surface area contributed by atoms with E-state index in [9.17, 15) is 13.2 Å². The van der Waals surface area contributed by atoms with Crippen LogP contribution in [0.5, 0.6) is 0 Å². The van der Waals surface area contributed by atoms with E-state index in [1.165, 1.54) is 4.31 Å². The fourth-order valence-corrected chi connectivity index (χ4v) is 2.89. The third-order valence-electron chi connectivity index (χ3n) is 2.94. The van der Waals surface area contributed by atoms with Crippen molar-refractivity contribution in [2.45, 2.75) is 19.8 Å². The van der Waals surface area contributed by atoms with E-state index < -0.39 is 10.0 Å². The summed E-state index contributed by atoms with van der Waals surface area (Å²) in [5, 5.41) is 0. The van der Waals surface area contributed by atoms with Crippen LogP contribution in [0.2, 0.25) is 0 Å². The van der Waals surface area contributed by atoms with Crippen molar-refractivity contribution in [3.05, 3.63) is 0 Å². The van der Waals surface area contributed by atoms with Gasteiger partial charge in [0.2, 0.25) is 15.9 Å². The highest BCUT2D eigenvalue weighted by atomic mass is 32.2. The number of sulfonamides is 1. The monoisotopic (exact) mass is 263 g/mol. The van der Waals surface area contributed by atoms with Crippen molar-refractivity contribution >= 4 is 15.9 Å². The molecule has 1 amide bonds. The molecule has 0 atom stereocenters. The average Bonchev–Trinajstić information content (AvgIpc) is 2.36. The van der Waals surface area contributed by atoms with Gasteiger partial charge in [0.1, 0.15) is 0 Å². The Bertz CT molecular complexity index is 348. The van der Waals surface area contributed by atoms with Gasteiger partial charge in [-0.15, -0.1) is 0 Å². The number of carbonyl (C=O) groups is 1. The van der Waals surface area contributed by atoms with Gasteiger partial charge in [-0.25, -0.2) is 8.42 Å². The lowest BCUT2D eigenvalue weighted by Gasteiger charge is -2.33. The van der Waals surface area contributed by atoms with Gasteiger partial charge in [0.15, 0.2) is 0 Å². The van der Waals surface area contributed by atoms with Gasteiger partial charge in [-0.3, -0.25) is 4.79 Å². The topological polar surface area (TPSA) is 83.7 Å². The minimum Gasteiger partial charge on any atom is -0.340 e. The lowest BCUT2D eigenvalue weighted by atomic mass is 10.2. The molecule has 1 fully saturated rings. The number of amides is 1. The van der Waals surface area contributed by atoms with Crippen LogP contribution in [-0.2, 0) is 14.8 Å². The molecule has 0 aromatic carbocycles. The average molecular weight is 263 g/mol. The molecule has 0 aliphatic carbocycles. The van der Waals surface area contributed by atoms with E-state index >= 15 is 0 Å². The minimum atomic E-state index is -3.11. The predicted molar refractivity (Wildman–Crippen MR) is 65.9 cm³/mol. The second-order valence-electron chi connectivity index (χ2n) is 4.07. The predicted octanol–water partition coefficient (Wildman–Crippen LogP) is -0.781. The van der Waals surface area contributed by atoms with Crippen LogP contribution in [0.4, 0.5) is 0 Å². The molecule has 0 aromatic rings. The highest BCUT2D eigenvalue weighted by Gasteiger charge is 2.27. The Morgan fingerprint density at radius 1 is 1.24 bits per heavy atom. The fraction of sp³-hybridized carbons (Fsp3) is 0.900. The van der Waals surface area contributed by atoms with Crippen LogP contribution >= 0.6 is 0 Å². The number of piperazine rings is 1. The standard InChI is InChI=1S/C10H21N3O3S/c1-2-17(15,16)13-8-6-12(7-9-13)10(14)4-3-5-11/h2-9,11H2,1H3. The second-order valence-corrected chi connectivity index (χ2v) is 6.33. The smallest absolute Gasteiger partial charge is 0.222 e. The Morgan fingerprint density at radius 2 is 1.82 bits per heavy atom. The Hall–Kier alpha value is -0.660. The number of hydrogen-bond donors (Lipinski definition) is 1. The van der Waals surface area contributed by atoms with E-state index in [1.54, 1.807) is 11.8 Å². The van der Waals surface area contributed by atoms with Gasteiger partial charge >= 0.3 is 0 Å². The van der Waals surface area contributed by atoms with Crippen molar-refractivity contribution in [3.8, 4) is 0 Å². The molecule has 0 bridgehead atoms. The first kappa shape index (κ1) is 14.4. The highest BCUT2D eigenvalue weighted by Crippen LogP contribution is 2.09. The summed E-state index contributed by atoms with van der Waals surface area (Å²) in [6.07, 6.45) is 1.14. The van der Waals surface area contributed by atoms with Crippen molar-refractivity contribution in [3.63, 3.8) is 0 Å². The number of nitrogens with zero attached hydrogens (tertiary/aromatic N) is 2. The molecule has 0 unspecified atom stereocenters. The summed E-state index contributed by atoms with van der Waals surface area (Å²) in [6.45, 7) is 3.93. The van der Waals surface area contributed by atoms with Crippen LogP contribution in [-0.4, -0.2) is 62.0 Å². The van der Waals surface area contributed by atoms with Crippen molar-refractivity contribution in [2.24, 2.45) is 5.73 Å². The maximum atomic E-state index is 11.7. The normalized spacial score (nSPS) is 18.4. The van der Waals surface area contributed by atoms with Crippen LogP contribution in [0, 0.1) is 0 Å². The molecular weight excluding hydrogens is 242 g/mol. The molecule has 1 aliphatic rings. The third-order valence-corrected chi connectivity index (χ3v) is 4.83. The molecule has 0 saturated carbocycles. The van der Waals surface area contributed by atoms with Gasteiger partial charge in [0, 0.05) is 32.6 Å². The van der Waals surface area contributed by atoms with Gasteiger partial charge in [0.25, 0.3) is 0 Å². The quantitative estimate of drug-likeness (QED) is 0.705. The van der Waals surface area contributed by atoms with Crippen LogP contribution in [0.25, 0.3) is 0 Å². The Balaban J connectivity index is 2.43. The molecule has 1 aliphatic heterocycles. The molecule has 0 spiro atoms. The van der Waals surface area contributed by atoms with E-state index in [2.05, 4.69) is 0 Å². The largest absolute Gasteiger partial charge is 0.340 e. The van der Waals surface area contributed by atoms with Crippen molar-refractivity contribution in [1.29, 1.82) is 0 Å². The van der Waals surface area contributed by atoms with Crippen LogP contribution in [0.1, 0.15) is 19.8 Å². The molecule has 100 valence electrons. The zero-order valence-corrected chi connectivity index (χ0v) is 11.1. The van der Waals surface area contributed by atoms with Gasteiger partial charge in [-0.1, -0.05) is 0 Å². The Labute approximate surface area is 103 Å². The molecule has 6 nitrogen and oxygen atoms in total. The van der Waals surface area contributed by atoms with E-state index in [0.29, 0.717) is 45.6 Å². The van der Waals surface area contributed by atoms with E-state index in [1.807, 2.05) is 0 Å². The molecule has 0 radical (unpaired) electrons. The summed E-state index contributed by atoms with van der Waals surface area (Å²) >= 11 is 0. The molecule has 0 aromatic heterocycles. The number of hydrogen-bond acceptors (Lipinski definition) is 4. The van der Waals surface area contributed by atoms with Crippen molar-refractivity contribution < 1.29 is 13.2 Å². The van der Waals surface area contributed by atoms with E-state index in [-0.39, 0.29) is 11.7 Å². The number of nitrogens with two attached hydrogens (primary N) is 1. The lowest BCUT2D eigenvalue weighted by molar-refractivity contribution is -0.132. The summed E-state index contributed by atoms with van der Waals surface area (Å²) in [7, 11) is -3.11. The molecule has 1 rings (SSSR count). The molecule has 7 heteroatoms. The minimum absolute atomic E-state index is 0.0731. The summed E-state index contributed by atoms with van der Waals surface area (Å²) in [5.74, 6) is 0.192. The first-order valence-electron chi connectivity index (χ1n) is 5.97. The van der Waals surface area contributed by atoms with Gasteiger partial charge in [0.05, 0.1) is 5.75 Å². The zero-order valence-electron chi connectivity index (χ0n) is 10.3. The van der Waals surface area contributed by atoms with Crippen LogP contribution in [0.15, 0.2) is 0 Å². The second kappa shape index (κ2) is 6.32. The fourth-order valence-electron chi connectivity index (χ4n) is 1.81. The Morgan fingerprint density at radius 3 is 2.29 bits per heavy atom. The summed E-state index contributed by atoms with van der Waals surface area (Å²) in [5.41, 5.74) is 5.35. The highest BCUT2D eigenvalue weighted by molar-refractivity contribution is 7.89. The van der Waals surface area contributed by atoms with Crippen molar-refractivity contribution in [1.82, 2.24) is 9.21 Å².